The molecule has 2 bridgehead atoms. The number of rotatable bonds is 5. The fourth-order valence-corrected chi connectivity index (χ4v) is 4.94. The van der Waals surface area contributed by atoms with Gasteiger partial charge >= 0.3 is 0 Å². The molecule has 0 amide bonds. The van der Waals surface area contributed by atoms with Crippen molar-refractivity contribution < 1.29 is 18.3 Å². The molecule has 2 nitrogen and oxygen atoms in total. The summed E-state index contributed by atoms with van der Waals surface area (Å²) in [5.74, 6) is -0.219. The van der Waals surface area contributed by atoms with E-state index in [1.54, 1.807) is 18.2 Å². The Labute approximate surface area is 159 Å². The smallest absolute Gasteiger partial charge is 0.128 e. The van der Waals surface area contributed by atoms with E-state index in [0.717, 1.165) is 5.56 Å². The van der Waals surface area contributed by atoms with Gasteiger partial charge in [-0.25, -0.2) is 8.78 Å². The van der Waals surface area contributed by atoms with Gasteiger partial charge in [-0.2, -0.15) is 0 Å². The first kappa shape index (κ1) is 18.6. The first-order valence-corrected chi connectivity index (χ1v) is 9.65. The molecule has 0 radical (unpaired) electrons. The summed E-state index contributed by atoms with van der Waals surface area (Å²) in [6, 6.07) is 13.7. The minimum absolute atomic E-state index is 0.00277. The van der Waals surface area contributed by atoms with Crippen molar-refractivity contribution in [1.29, 1.82) is 0 Å². The van der Waals surface area contributed by atoms with Crippen molar-refractivity contribution in [3.05, 3.63) is 71.3 Å². The van der Waals surface area contributed by atoms with Crippen molar-refractivity contribution >= 4 is 0 Å². The van der Waals surface area contributed by atoms with Gasteiger partial charge in [-0.15, -0.1) is 0 Å². The molecule has 2 saturated heterocycles. The molecule has 4 rings (SSSR count). The monoisotopic (exact) mass is 372 g/mol. The highest BCUT2D eigenvalue weighted by Gasteiger charge is 2.66. The summed E-state index contributed by atoms with van der Waals surface area (Å²) in [5, 5.41) is 0. The highest BCUT2D eigenvalue weighted by atomic mass is 19.1. The summed E-state index contributed by atoms with van der Waals surface area (Å²) in [6.45, 7) is 6.51. The fraction of sp³-hybridized carbons (Fsp3) is 0.478. The maximum Gasteiger partial charge on any atom is 0.128 e. The van der Waals surface area contributed by atoms with E-state index in [9.17, 15) is 8.78 Å². The number of ether oxygens (including phenoxy) is 2. The maximum atomic E-state index is 14.5. The minimum Gasteiger partial charge on any atom is -0.370 e. The van der Waals surface area contributed by atoms with Crippen LogP contribution in [0.2, 0.25) is 0 Å². The molecule has 0 saturated carbocycles. The van der Waals surface area contributed by atoms with Gasteiger partial charge < -0.3 is 9.47 Å². The zero-order valence-electron chi connectivity index (χ0n) is 16.0. The molecule has 4 heteroatoms. The van der Waals surface area contributed by atoms with Gasteiger partial charge in [0.15, 0.2) is 0 Å². The lowest BCUT2D eigenvalue weighted by molar-refractivity contribution is -0.0975. The van der Waals surface area contributed by atoms with Gasteiger partial charge in [-0.1, -0.05) is 50.2 Å². The average molecular weight is 372 g/mol. The van der Waals surface area contributed by atoms with Crippen molar-refractivity contribution in [2.75, 3.05) is 0 Å². The average Bonchev–Trinajstić information content (AvgIpc) is 3.11. The Bertz CT molecular complexity index is 837. The van der Waals surface area contributed by atoms with Crippen LogP contribution in [0, 0.1) is 17.6 Å². The van der Waals surface area contributed by atoms with E-state index in [4.69, 9.17) is 9.47 Å². The third-order valence-electron chi connectivity index (χ3n) is 6.46. The normalized spacial score (nSPS) is 32.4. The lowest BCUT2D eigenvalue weighted by atomic mass is 9.66. The fourth-order valence-electron chi connectivity index (χ4n) is 4.94. The lowest BCUT2D eigenvalue weighted by Gasteiger charge is -2.39. The Morgan fingerprint density at radius 3 is 2.37 bits per heavy atom. The van der Waals surface area contributed by atoms with Crippen LogP contribution >= 0.6 is 0 Å². The number of halogens is 2. The van der Waals surface area contributed by atoms with Crippen molar-refractivity contribution in [2.24, 2.45) is 5.92 Å². The molecule has 2 aromatic carbocycles. The Morgan fingerprint density at radius 2 is 1.70 bits per heavy atom. The largest absolute Gasteiger partial charge is 0.370 e. The van der Waals surface area contributed by atoms with Crippen molar-refractivity contribution in [3.63, 3.8) is 0 Å². The molecular weight excluding hydrogens is 346 g/mol. The topological polar surface area (TPSA) is 18.5 Å². The summed E-state index contributed by atoms with van der Waals surface area (Å²) < 4.78 is 41.1. The first-order chi connectivity index (χ1) is 12.9. The Kier molecular flexibility index (Phi) is 4.59. The van der Waals surface area contributed by atoms with Crippen molar-refractivity contribution in [3.8, 4) is 0 Å². The van der Waals surface area contributed by atoms with Gasteiger partial charge in [-0.05, 0) is 37.0 Å². The van der Waals surface area contributed by atoms with Gasteiger partial charge in [0.1, 0.15) is 11.6 Å². The Hall–Kier alpha value is -1.78. The third kappa shape index (κ3) is 2.99. The first-order valence-electron chi connectivity index (χ1n) is 9.65. The van der Waals surface area contributed by atoms with Crippen molar-refractivity contribution in [2.45, 2.75) is 63.4 Å². The van der Waals surface area contributed by atoms with E-state index < -0.39 is 11.2 Å². The summed E-state index contributed by atoms with van der Waals surface area (Å²) in [6.07, 6.45) is 1.25. The van der Waals surface area contributed by atoms with E-state index in [1.165, 1.54) is 12.1 Å². The molecule has 27 heavy (non-hydrogen) atoms. The number of benzene rings is 2. The third-order valence-corrected chi connectivity index (χ3v) is 6.46. The molecule has 144 valence electrons. The number of hydrogen-bond donors (Lipinski definition) is 0. The predicted molar refractivity (Wildman–Crippen MR) is 100 cm³/mol. The van der Waals surface area contributed by atoms with Crippen LogP contribution in [-0.2, 0) is 16.1 Å². The van der Waals surface area contributed by atoms with E-state index in [1.807, 2.05) is 25.1 Å². The van der Waals surface area contributed by atoms with Crippen molar-refractivity contribution in [1.82, 2.24) is 0 Å². The van der Waals surface area contributed by atoms with Crippen LogP contribution in [0.4, 0.5) is 8.78 Å². The van der Waals surface area contributed by atoms with Gasteiger partial charge in [-0.3, -0.25) is 0 Å². The molecule has 2 aromatic rings. The summed E-state index contributed by atoms with van der Waals surface area (Å²) in [7, 11) is 0. The van der Waals surface area contributed by atoms with Gasteiger partial charge in [0, 0.05) is 17.9 Å². The highest BCUT2D eigenvalue weighted by Crippen LogP contribution is 2.61. The molecule has 0 aliphatic carbocycles. The van der Waals surface area contributed by atoms with Crippen LogP contribution in [0.15, 0.2) is 48.5 Å². The van der Waals surface area contributed by atoms with Crippen LogP contribution in [-0.4, -0.2) is 17.3 Å². The highest BCUT2D eigenvalue weighted by molar-refractivity contribution is 5.31. The van der Waals surface area contributed by atoms with E-state index in [-0.39, 0.29) is 36.2 Å². The quantitative estimate of drug-likeness (QED) is 0.679. The molecule has 0 N–H and O–H groups in total. The molecule has 1 unspecified atom stereocenters. The number of fused-ring (bicyclic) bond motifs is 2. The number of hydrogen-bond acceptors (Lipinski definition) is 2. The van der Waals surface area contributed by atoms with Gasteiger partial charge in [0.25, 0.3) is 0 Å². The van der Waals surface area contributed by atoms with Crippen LogP contribution in [0.25, 0.3) is 0 Å². The second-order valence-electron chi connectivity index (χ2n) is 8.40. The summed E-state index contributed by atoms with van der Waals surface area (Å²) >= 11 is 0. The zero-order valence-corrected chi connectivity index (χ0v) is 16.0. The van der Waals surface area contributed by atoms with Gasteiger partial charge in [0.05, 0.1) is 23.9 Å². The maximum absolute atomic E-state index is 14.5. The molecular formula is C23H26F2O2. The molecule has 0 spiro atoms. The van der Waals surface area contributed by atoms with E-state index in [0.29, 0.717) is 18.4 Å². The Balaban J connectivity index is 1.59. The van der Waals surface area contributed by atoms with Crippen LogP contribution in [0.5, 0.6) is 0 Å². The Morgan fingerprint density at radius 1 is 1.04 bits per heavy atom. The lowest BCUT2D eigenvalue weighted by Crippen LogP contribution is -2.43. The SMILES string of the molecule is CC(C)[C@]12C[C@@H](OCc3ccccc3F)[C@](C)(CC1c1ccccc1F)O2. The predicted octanol–water partition coefficient (Wildman–Crippen LogP) is 5.61. The van der Waals surface area contributed by atoms with Crippen LogP contribution < -0.4 is 0 Å². The molecule has 2 fully saturated rings. The van der Waals surface area contributed by atoms with Crippen LogP contribution in [0.3, 0.4) is 0 Å². The molecule has 2 aliphatic heterocycles. The second-order valence-corrected chi connectivity index (χ2v) is 8.40. The van der Waals surface area contributed by atoms with E-state index >= 15 is 0 Å². The van der Waals surface area contributed by atoms with Gasteiger partial charge in [0.2, 0.25) is 0 Å². The minimum atomic E-state index is -0.498. The standard InChI is InChI=1S/C23H26F2O2/c1-15(2)23-13-21(26-14-16-8-4-6-10-19(16)24)22(3,27-23)12-18(23)17-9-5-7-11-20(17)25/h4-11,15,18,21H,12-14H2,1-3H3/t18?,21-,22+,23-/m1/s1. The molecule has 4 atom stereocenters. The van der Waals surface area contributed by atoms with Crippen LogP contribution in [0.1, 0.15) is 50.7 Å². The summed E-state index contributed by atoms with van der Waals surface area (Å²) in [4.78, 5) is 0. The zero-order chi connectivity index (χ0) is 19.2. The molecule has 2 aliphatic rings. The molecule has 0 aromatic heterocycles. The second kappa shape index (κ2) is 6.68. The molecule has 2 heterocycles. The van der Waals surface area contributed by atoms with E-state index in [2.05, 4.69) is 13.8 Å². The summed E-state index contributed by atoms with van der Waals surface area (Å²) in [5.41, 5.74) is 0.315.